The van der Waals surface area contributed by atoms with Crippen molar-refractivity contribution in [1.82, 2.24) is 0 Å². The average Bonchev–Trinajstić information content (AvgIpc) is 3.33. The lowest BCUT2D eigenvalue weighted by Crippen LogP contribution is -2.51. The Bertz CT molecular complexity index is 1320. The Balaban J connectivity index is 1.29. The number of esters is 1. The monoisotopic (exact) mass is 610 g/mol. The lowest BCUT2D eigenvalue weighted by Gasteiger charge is -2.58. The van der Waals surface area contributed by atoms with E-state index in [1.807, 2.05) is 0 Å². The van der Waals surface area contributed by atoms with Crippen LogP contribution in [0.25, 0.3) is 0 Å². The molecule has 0 heterocycles. The highest BCUT2D eigenvalue weighted by atomic mass is 16.6. The number of ether oxygens (including phenoxy) is 2. The number of benzene rings is 1. The third kappa shape index (κ3) is 5.76. The molecule has 242 valence electrons. The zero-order valence-corrected chi connectivity index (χ0v) is 27.3. The molecule has 3 fully saturated rings. The van der Waals surface area contributed by atoms with Crippen LogP contribution in [0.2, 0.25) is 0 Å². The van der Waals surface area contributed by atoms with E-state index in [4.69, 9.17) is 9.47 Å². The van der Waals surface area contributed by atoms with Gasteiger partial charge in [-0.05, 0) is 91.3 Å². The van der Waals surface area contributed by atoms with Crippen molar-refractivity contribution in [2.45, 2.75) is 111 Å². The highest BCUT2D eigenvalue weighted by molar-refractivity contribution is 5.95. The number of carbonyl (C=O) groups is 1. The van der Waals surface area contributed by atoms with Gasteiger partial charge < -0.3 is 9.47 Å². The van der Waals surface area contributed by atoms with Gasteiger partial charge in [0.15, 0.2) is 0 Å². The van der Waals surface area contributed by atoms with E-state index in [0.29, 0.717) is 30.1 Å². The van der Waals surface area contributed by atoms with Crippen LogP contribution >= 0.6 is 0 Å². The van der Waals surface area contributed by atoms with Gasteiger partial charge in [-0.2, -0.15) is 0 Å². The van der Waals surface area contributed by atoms with Gasteiger partial charge in [-0.25, -0.2) is 4.79 Å². The first kappa shape index (κ1) is 32.4. The van der Waals surface area contributed by atoms with Gasteiger partial charge in [0.2, 0.25) is 5.75 Å². The third-order valence-corrected chi connectivity index (χ3v) is 12.4. The predicted octanol–water partition coefficient (Wildman–Crippen LogP) is 9.08. The third-order valence-electron chi connectivity index (χ3n) is 12.4. The largest absolute Gasteiger partial charge is 0.490 e. The van der Waals surface area contributed by atoms with Crippen LogP contribution in [0.3, 0.4) is 0 Å². The smallest absolute Gasteiger partial charge is 0.342 e. The summed E-state index contributed by atoms with van der Waals surface area (Å²) in [5.41, 5.74) is 0.391. The van der Waals surface area contributed by atoms with Gasteiger partial charge in [-0.1, -0.05) is 65.5 Å². The number of rotatable bonds is 10. The highest BCUT2D eigenvalue weighted by Gasteiger charge is 2.59. The molecule has 8 atom stereocenters. The molecule has 5 rings (SSSR count). The van der Waals surface area contributed by atoms with Crippen LogP contribution in [0.5, 0.6) is 5.75 Å². The molecule has 1 aromatic carbocycles. The first-order valence-electron chi connectivity index (χ1n) is 16.7. The molecule has 0 bridgehead atoms. The maximum Gasteiger partial charge on any atom is 0.342 e. The molecule has 9 nitrogen and oxygen atoms in total. The average molecular weight is 611 g/mol. The molecular formula is C35H50N2O7. The molecule has 9 heteroatoms. The summed E-state index contributed by atoms with van der Waals surface area (Å²) in [6.07, 6.45) is 14.6. The topological polar surface area (TPSA) is 122 Å². The summed E-state index contributed by atoms with van der Waals surface area (Å²) >= 11 is 0. The molecule has 0 amide bonds. The van der Waals surface area contributed by atoms with Gasteiger partial charge in [0, 0.05) is 12.5 Å². The van der Waals surface area contributed by atoms with E-state index in [0.717, 1.165) is 48.6 Å². The minimum Gasteiger partial charge on any atom is -0.490 e. The minimum absolute atomic E-state index is 0.0795. The number of methoxy groups -OCH3 is 1. The molecular weight excluding hydrogens is 560 g/mol. The molecule has 0 aromatic heterocycles. The van der Waals surface area contributed by atoms with Crippen molar-refractivity contribution < 1.29 is 24.1 Å². The number of allylic oxidation sites excluding steroid dienone is 1. The van der Waals surface area contributed by atoms with Gasteiger partial charge in [-0.15, -0.1) is 0 Å². The maximum absolute atomic E-state index is 13.3. The first-order chi connectivity index (χ1) is 20.8. The van der Waals surface area contributed by atoms with E-state index in [1.165, 1.54) is 57.6 Å². The predicted molar refractivity (Wildman–Crippen MR) is 169 cm³/mol. The van der Waals surface area contributed by atoms with E-state index in [1.54, 1.807) is 0 Å². The Morgan fingerprint density at radius 1 is 1.00 bits per heavy atom. The quantitative estimate of drug-likeness (QED) is 0.112. The van der Waals surface area contributed by atoms with Crippen molar-refractivity contribution in [3.05, 3.63) is 49.6 Å². The van der Waals surface area contributed by atoms with Crippen LogP contribution in [0.4, 0.5) is 11.4 Å². The van der Waals surface area contributed by atoms with Gasteiger partial charge in [-0.3, -0.25) is 20.2 Å². The molecule has 0 spiro atoms. The lowest BCUT2D eigenvalue weighted by molar-refractivity contribution is -0.394. The van der Waals surface area contributed by atoms with E-state index in [9.17, 15) is 25.0 Å². The molecule has 0 N–H and O–H groups in total. The fraction of sp³-hybridized carbons (Fsp3) is 0.743. The lowest BCUT2D eigenvalue weighted by atomic mass is 9.47. The van der Waals surface area contributed by atoms with E-state index >= 15 is 0 Å². The number of fused-ring (bicyclic) bond motifs is 5. The number of hydrogen-bond acceptors (Lipinski definition) is 7. The van der Waals surface area contributed by atoms with Gasteiger partial charge >= 0.3 is 11.7 Å². The van der Waals surface area contributed by atoms with Crippen molar-refractivity contribution in [3.8, 4) is 5.75 Å². The highest BCUT2D eigenvalue weighted by Crippen LogP contribution is 2.67. The van der Waals surface area contributed by atoms with Gasteiger partial charge in [0.05, 0.1) is 23.0 Å². The normalized spacial score (nSPS) is 33.4. The van der Waals surface area contributed by atoms with E-state index in [-0.39, 0.29) is 16.7 Å². The Labute approximate surface area is 261 Å². The van der Waals surface area contributed by atoms with Crippen LogP contribution in [0.1, 0.15) is 116 Å². The summed E-state index contributed by atoms with van der Waals surface area (Å²) in [4.78, 5) is 34.8. The molecule has 4 unspecified atom stereocenters. The summed E-state index contributed by atoms with van der Waals surface area (Å²) < 4.78 is 11.0. The second-order valence-corrected chi connectivity index (χ2v) is 15.1. The minimum atomic E-state index is -0.829. The first-order valence-corrected chi connectivity index (χ1v) is 16.7. The second kappa shape index (κ2) is 12.4. The SMILES string of the molecule is COc1c(C(=O)OC2CC[C@@]3(C)C(=CCC4C3CC[C@@]3(C)C4CC[C@@H]3[C@H](C)CCCC(C)C)C2)cc([N+](=O)[O-])cc1[N+](=O)[O-]. The Morgan fingerprint density at radius 3 is 2.41 bits per heavy atom. The van der Waals surface area contributed by atoms with Gasteiger partial charge in [0.25, 0.3) is 5.69 Å². The molecule has 1 aromatic rings. The van der Waals surface area contributed by atoms with Crippen molar-refractivity contribution in [1.29, 1.82) is 0 Å². The Kier molecular flexibility index (Phi) is 9.16. The molecule has 0 radical (unpaired) electrons. The van der Waals surface area contributed by atoms with E-state index < -0.39 is 33.3 Å². The number of nitrogens with zero attached hydrogens (tertiary/aromatic N) is 2. The van der Waals surface area contributed by atoms with Crippen LogP contribution in [0.15, 0.2) is 23.8 Å². The number of carbonyl (C=O) groups excluding carboxylic acids is 1. The number of hydrogen-bond donors (Lipinski definition) is 0. The van der Waals surface area contributed by atoms with Crippen molar-refractivity contribution in [2.24, 2.45) is 46.3 Å². The number of nitro groups is 2. The molecule has 4 aliphatic carbocycles. The zero-order chi connectivity index (χ0) is 32.0. The summed E-state index contributed by atoms with van der Waals surface area (Å²) in [6.45, 7) is 12.2. The van der Waals surface area contributed by atoms with Crippen LogP contribution in [0, 0.1) is 66.6 Å². The summed E-state index contributed by atoms with van der Waals surface area (Å²) in [5, 5.41) is 23.0. The fourth-order valence-corrected chi connectivity index (χ4v) is 10.2. The van der Waals surface area contributed by atoms with Crippen LogP contribution in [-0.2, 0) is 4.74 Å². The van der Waals surface area contributed by atoms with Gasteiger partial charge in [0.1, 0.15) is 11.7 Å². The number of nitro benzene ring substituents is 2. The Hall–Kier alpha value is -2.97. The number of non-ortho nitro benzene ring substituents is 1. The van der Waals surface area contributed by atoms with Crippen molar-refractivity contribution in [2.75, 3.05) is 7.11 Å². The molecule has 44 heavy (non-hydrogen) atoms. The van der Waals surface area contributed by atoms with Crippen LogP contribution < -0.4 is 4.74 Å². The zero-order valence-electron chi connectivity index (χ0n) is 27.3. The summed E-state index contributed by atoms with van der Waals surface area (Å²) in [6, 6.07) is 1.81. The molecule has 4 aliphatic rings. The molecule has 0 saturated heterocycles. The van der Waals surface area contributed by atoms with Crippen molar-refractivity contribution in [3.63, 3.8) is 0 Å². The second-order valence-electron chi connectivity index (χ2n) is 15.1. The molecule has 0 aliphatic heterocycles. The fourth-order valence-electron chi connectivity index (χ4n) is 10.2. The Morgan fingerprint density at radius 2 is 1.75 bits per heavy atom. The van der Waals surface area contributed by atoms with E-state index in [2.05, 4.69) is 40.7 Å². The molecule has 3 saturated carbocycles. The van der Waals surface area contributed by atoms with Crippen molar-refractivity contribution >= 4 is 17.3 Å². The maximum atomic E-state index is 13.3. The van der Waals surface area contributed by atoms with Crippen LogP contribution in [-0.4, -0.2) is 29.0 Å². The summed E-state index contributed by atoms with van der Waals surface area (Å²) in [5.74, 6) is 3.32. The standard InChI is InChI=1S/C35H50N2O7/c1-21(2)8-7-9-22(3)28-12-13-29-26-11-10-23-18-25(14-16-34(23,4)30(26)15-17-35(28,29)5)44-33(38)27-19-24(36(39)40)20-31(37(41)42)32(27)43-6/h10,19-22,25-26,28-30H,7-9,11-18H2,1-6H3/t22-,25?,26?,28-,29?,30?,34+,35-/m1/s1. The summed E-state index contributed by atoms with van der Waals surface area (Å²) in [7, 11) is 1.20.